The molecular weight excluding hydrogens is 672 g/mol. The molecule has 1 atom stereocenters. The third kappa shape index (κ3) is 19.3. The minimum Gasteiger partial charge on any atom is -0.481 e. The lowest BCUT2D eigenvalue weighted by molar-refractivity contribution is -0.148. The highest BCUT2D eigenvalue weighted by Crippen LogP contribution is 2.14. The van der Waals surface area contributed by atoms with Crippen molar-refractivity contribution in [1.29, 1.82) is 0 Å². The first-order chi connectivity index (χ1) is 24.6. The fraction of sp³-hybridized carbons (Fsp3) is 0.711. The first-order valence-electron chi connectivity index (χ1n) is 18.5. The van der Waals surface area contributed by atoms with E-state index in [2.05, 4.69) is 0 Å². The van der Waals surface area contributed by atoms with Gasteiger partial charge in [-0.15, -0.1) is 0 Å². The van der Waals surface area contributed by atoms with Crippen LogP contribution in [0.5, 0.6) is 0 Å². The minimum absolute atomic E-state index is 0.00782. The summed E-state index contributed by atoms with van der Waals surface area (Å²) in [5.74, 6) is -2.45. The highest BCUT2D eigenvalue weighted by Gasteiger charge is 2.29. The number of rotatable bonds is 19. The summed E-state index contributed by atoms with van der Waals surface area (Å²) >= 11 is 0. The summed E-state index contributed by atoms with van der Waals surface area (Å²) in [5, 5.41) is 19.5. The van der Waals surface area contributed by atoms with Crippen LogP contribution in [0.4, 0.5) is 0 Å². The van der Waals surface area contributed by atoms with Crippen LogP contribution in [0.3, 0.4) is 0 Å². The standard InChI is InChI=1S/C38H62N4O10/c1-28(2)25-50-35(45)22-39-13-15-40(23-36(46)51-26-29(3)4)17-19-42(20-18-41(16-14-39)24-37(47)52-27-30(5)6)33(38(48)49)21-32-9-7-31(8-10-32)11-12-34(43)44/h7-10,28-30,33H,11-27H2,1-6H3,(H,43,44)(H,48,49). The van der Waals surface area contributed by atoms with Gasteiger partial charge in [0, 0.05) is 58.8 Å². The number of benzene rings is 1. The molecule has 1 fully saturated rings. The molecule has 0 aromatic heterocycles. The van der Waals surface area contributed by atoms with Gasteiger partial charge in [-0.2, -0.15) is 0 Å². The van der Waals surface area contributed by atoms with Crippen molar-refractivity contribution >= 4 is 29.8 Å². The first kappa shape index (κ1) is 44.6. The van der Waals surface area contributed by atoms with Gasteiger partial charge < -0.3 is 24.4 Å². The number of ether oxygens (including phenoxy) is 3. The van der Waals surface area contributed by atoms with Gasteiger partial charge in [-0.1, -0.05) is 65.8 Å². The van der Waals surface area contributed by atoms with Crippen molar-refractivity contribution in [2.24, 2.45) is 17.8 Å². The maximum atomic E-state index is 12.9. The van der Waals surface area contributed by atoms with Gasteiger partial charge >= 0.3 is 29.8 Å². The Morgan fingerprint density at radius 3 is 1.25 bits per heavy atom. The van der Waals surface area contributed by atoms with E-state index >= 15 is 0 Å². The molecule has 52 heavy (non-hydrogen) atoms. The topological polar surface area (TPSA) is 166 Å². The Bertz CT molecular complexity index is 1210. The van der Waals surface area contributed by atoms with Gasteiger partial charge in [0.05, 0.1) is 39.5 Å². The van der Waals surface area contributed by atoms with Crippen LogP contribution in [0.2, 0.25) is 0 Å². The molecule has 0 bridgehead atoms. The molecule has 0 saturated carbocycles. The Morgan fingerprint density at radius 2 is 0.923 bits per heavy atom. The van der Waals surface area contributed by atoms with E-state index in [0.717, 1.165) is 11.1 Å². The molecular formula is C38H62N4O10. The van der Waals surface area contributed by atoms with E-state index in [4.69, 9.17) is 19.3 Å². The number of nitrogens with zero attached hydrogens (tertiary/aromatic N) is 4. The second-order valence-corrected chi connectivity index (χ2v) is 14.9. The molecule has 294 valence electrons. The lowest BCUT2D eigenvalue weighted by atomic mass is 10.0. The molecule has 0 amide bonds. The van der Waals surface area contributed by atoms with Crippen LogP contribution < -0.4 is 0 Å². The number of hydrogen-bond donors (Lipinski definition) is 2. The molecule has 14 heteroatoms. The van der Waals surface area contributed by atoms with Crippen LogP contribution in [-0.4, -0.2) is 158 Å². The highest BCUT2D eigenvalue weighted by atomic mass is 16.5. The lowest BCUT2D eigenvalue weighted by Crippen LogP contribution is -2.52. The molecule has 2 rings (SSSR count). The van der Waals surface area contributed by atoms with E-state index < -0.39 is 18.0 Å². The Kier molecular flexibility index (Phi) is 20.5. The Morgan fingerprint density at radius 1 is 0.577 bits per heavy atom. The Hall–Kier alpha value is -3.59. The Balaban J connectivity index is 2.36. The third-order valence-electron chi connectivity index (χ3n) is 8.47. The van der Waals surface area contributed by atoms with Crippen molar-refractivity contribution in [3.05, 3.63) is 35.4 Å². The second kappa shape index (κ2) is 23.9. The molecule has 14 nitrogen and oxygen atoms in total. The van der Waals surface area contributed by atoms with Gasteiger partial charge in [0.25, 0.3) is 0 Å². The number of aryl methyl sites for hydroxylation is 1. The summed E-state index contributed by atoms with van der Waals surface area (Å²) in [6, 6.07) is 6.40. The number of esters is 3. The summed E-state index contributed by atoms with van der Waals surface area (Å²) in [6.45, 7) is 15.7. The molecule has 0 spiro atoms. The maximum absolute atomic E-state index is 12.9. The van der Waals surface area contributed by atoms with Crippen LogP contribution in [-0.2, 0) is 51.0 Å². The summed E-state index contributed by atoms with van der Waals surface area (Å²) in [7, 11) is 0. The van der Waals surface area contributed by atoms with Gasteiger partial charge in [0.15, 0.2) is 0 Å². The van der Waals surface area contributed by atoms with Crippen LogP contribution in [0.25, 0.3) is 0 Å². The monoisotopic (exact) mass is 734 g/mol. The van der Waals surface area contributed by atoms with Crippen molar-refractivity contribution in [3.8, 4) is 0 Å². The van der Waals surface area contributed by atoms with Crippen molar-refractivity contribution in [3.63, 3.8) is 0 Å². The molecule has 1 saturated heterocycles. The molecule has 1 aliphatic rings. The quantitative estimate of drug-likeness (QED) is 0.157. The summed E-state index contributed by atoms with van der Waals surface area (Å²) in [4.78, 5) is 70.1. The van der Waals surface area contributed by atoms with Crippen molar-refractivity contribution in [1.82, 2.24) is 19.6 Å². The van der Waals surface area contributed by atoms with Crippen molar-refractivity contribution in [2.45, 2.75) is 66.8 Å². The Labute approximate surface area is 309 Å². The van der Waals surface area contributed by atoms with Gasteiger partial charge in [-0.25, -0.2) is 0 Å². The lowest BCUT2D eigenvalue weighted by Gasteiger charge is -2.35. The zero-order chi connectivity index (χ0) is 38.6. The van der Waals surface area contributed by atoms with Gasteiger partial charge in [-0.05, 0) is 41.7 Å². The second-order valence-electron chi connectivity index (χ2n) is 14.9. The molecule has 1 heterocycles. The maximum Gasteiger partial charge on any atom is 0.321 e. The highest BCUT2D eigenvalue weighted by molar-refractivity contribution is 5.74. The molecule has 1 aromatic carbocycles. The zero-order valence-electron chi connectivity index (χ0n) is 32.1. The number of carbonyl (C=O) groups excluding carboxylic acids is 3. The fourth-order valence-electron chi connectivity index (χ4n) is 5.49. The van der Waals surface area contributed by atoms with Crippen LogP contribution in [0, 0.1) is 17.8 Å². The average molecular weight is 735 g/mol. The predicted molar refractivity (Wildman–Crippen MR) is 196 cm³/mol. The molecule has 1 aliphatic heterocycles. The first-order valence-corrected chi connectivity index (χ1v) is 18.5. The largest absolute Gasteiger partial charge is 0.481 e. The summed E-state index contributed by atoms with van der Waals surface area (Å²) in [5.41, 5.74) is 1.65. The predicted octanol–water partition coefficient (Wildman–Crippen LogP) is 2.52. The van der Waals surface area contributed by atoms with Crippen LogP contribution in [0.15, 0.2) is 24.3 Å². The van der Waals surface area contributed by atoms with Gasteiger partial charge in [-0.3, -0.25) is 43.6 Å². The fourth-order valence-corrected chi connectivity index (χ4v) is 5.49. The number of aliphatic carboxylic acids is 2. The molecule has 2 N–H and O–H groups in total. The number of hydrogen-bond acceptors (Lipinski definition) is 12. The van der Waals surface area contributed by atoms with Crippen LogP contribution in [0.1, 0.15) is 59.1 Å². The molecule has 1 unspecified atom stereocenters. The van der Waals surface area contributed by atoms with Crippen LogP contribution >= 0.6 is 0 Å². The van der Waals surface area contributed by atoms with E-state index in [1.807, 2.05) is 85.4 Å². The van der Waals surface area contributed by atoms with Gasteiger partial charge in [0.1, 0.15) is 6.04 Å². The smallest absolute Gasteiger partial charge is 0.321 e. The SMILES string of the molecule is CC(C)COC(=O)CN1CCN(CC(=O)OCC(C)C)CCN(C(Cc2ccc(CCC(=O)O)cc2)C(=O)O)CCN(CC(=O)OCC(C)C)CC1. The molecule has 0 radical (unpaired) electrons. The third-order valence-corrected chi connectivity index (χ3v) is 8.47. The number of carbonyl (C=O) groups is 5. The van der Waals surface area contributed by atoms with E-state index in [-0.39, 0.29) is 81.4 Å². The molecule has 1 aromatic rings. The normalized spacial score (nSPS) is 16.6. The van der Waals surface area contributed by atoms with Crippen molar-refractivity contribution < 1.29 is 48.4 Å². The minimum atomic E-state index is -1.00. The average Bonchev–Trinajstić information content (AvgIpc) is 3.07. The van der Waals surface area contributed by atoms with E-state index in [1.165, 1.54) is 0 Å². The summed E-state index contributed by atoms with van der Waals surface area (Å²) in [6.07, 6.45) is 0.590. The number of carboxylic acids is 2. The number of carboxylic acid groups (broad SMARTS) is 2. The van der Waals surface area contributed by atoms with E-state index in [9.17, 15) is 29.1 Å². The summed E-state index contributed by atoms with van der Waals surface area (Å²) < 4.78 is 16.4. The van der Waals surface area contributed by atoms with E-state index in [0.29, 0.717) is 65.4 Å². The molecule has 0 aliphatic carbocycles. The zero-order valence-corrected chi connectivity index (χ0v) is 32.1. The van der Waals surface area contributed by atoms with E-state index in [1.54, 1.807) is 0 Å². The van der Waals surface area contributed by atoms with Crippen molar-refractivity contribution in [2.75, 3.05) is 91.8 Å². The van der Waals surface area contributed by atoms with Gasteiger partial charge in [0.2, 0.25) is 0 Å².